The number of aryl methyl sites for hydroxylation is 2. The molecule has 0 aliphatic heterocycles. The lowest BCUT2D eigenvalue weighted by atomic mass is 10.0. The van der Waals surface area contributed by atoms with E-state index in [1.165, 1.54) is 4.80 Å². The number of nitrogens with zero attached hydrogens (tertiary/aromatic N) is 4. The van der Waals surface area contributed by atoms with Crippen molar-refractivity contribution in [3.05, 3.63) is 40.2 Å². The van der Waals surface area contributed by atoms with E-state index < -0.39 is 0 Å². The van der Waals surface area contributed by atoms with E-state index in [2.05, 4.69) is 20.8 Å². The highest BCUT2D eigenvalue weighted by atomic mass is 35.5. The second kappa shape index (κ2) is 5.43. The van der Waals surface area contributed by atoms with Crippen molar-refractivity contribution in [1.82, 2.24) is 25.6 Å². The second-order valence-corrected chi connectivity index (χ2v) is 4.55. The molecule has 0 saturated heterocycles. The summed E-state index contributed by atoms with van der Waals surface area (Å²) in [4.78, 5) is 1.42. The largest absolute Gasteiger partial charge is 0.271 e. The molecule has 0 saturated carbocycles. The van der Waals surface area contributed by atoms with Gasteiger partial charge in [0.2, 0.25) is 0 Å². The van der Waals surface area contributed by atoms with Gasteiger partial charge in [-0.25, -0.2) is 0 Å². The van der Waals surface area contributed by atoms with Crippen LogP contribution in [0.5, 0.6) is 0 Å². The Hall–Kier alpha value is -1.50. The van der Waals surface area contributed by atoms with Crippen molar-refractivity contribution in [2.45, 2.75) is 19.4 Å². The number of nitrogens with two attached hydrogens (primary N) is 1. The standard InChI is InChI=1S/C11H15ClN6/c1-7-3-4-8(9(12)5-7)10(14-13)6-11-15-17-18(2)16-11/h3-5,10,14H,6,13H2,1-2H3. The molecule has 1 heterocycles. The molecule has 0 spiro atoms. The van der Waals surface area contributed by atoms with Gasteiger partial charge in [-0.15, -0.1) is 10.2 Å². The molecule has 3 N–H and O–H groups in total. The minimum atomic E-state index is -0.137. The van der Waals surface area contributed by atoms with Crippen LogP contribution in [0.3, 0.4) is 0 Å². The SMILES string of the molecule is Cc1ccc(C(Cc2nnn(C)n2)NN)c(Cl)c1. The van der Waals surface area contributed by atoms with Gasteiger partial charge in [0.1, 0.15) is 0 Å². The number of hydrogen-bond donors (Lipinski definition) is 2. The first kappa shape index (κ1) is 12.9. The number of benzene rings is 1. The second-order valence-electron chi connectivity index (χ2n) is 4.14. The molecule has 1 unspecified atom stereocenters. The van der Waals surface area contributed by atoms with E-state index in [-0.39, 0.29) is 6.04 Å². The summed E-state index contributed by atoms with van der Waals surface area (Å²) in [5.74, 6) is 6.20. The van der Waals surface area contributed by atoms with Crippen molar-refractivity contribution >= 4 is 11.6 Å². The van der Waals surface area contributed by atoms with Crippen LogP contribution >= 0.6 is 11.6 Å². The molecular formula is C11H15ClN6. The normalized spacial score (nSPS) is 12.7. The third-order valence-electron chi connectivity index (χ3n) is 2.67. The van der Waals surface area contributed by atoms with Gasteiger partial charge in [0.15, 0.2) is 5.82 Å². The number of aromatic nitrogens is 4. The van der Waals surface area contributed by atoms with Crippen LogP contribution in [-0.2, 0) is 13.5 Å². The number of tetrazole rings is 1. The Kier molecular flexibility index (Phi) is 3.90. The zero-order chi connectivity index (χ0) is 13.1. The van der Waals surface area contributed by atoms with Gasteiger partial charge in [-0.1, -0.05) is 23.7 Å². The molecule has 7 heteroatoms. The summed E-state index contributed by atoms with van der Waals surface area (Å²) in [6.07, 6.45) is 0.535. The van der Waals surface area contributed by atoms with Gasteiger partial charge < -0.3 is 0 Å². The van der Waals surface area contributed by atoms with Crippen LogP contribution in [0.4, 0.5) is 0 Å². The Morgan fingerprint density at radius 3 is 2.83 bits per heavy atom. The highest BCUT2D eigenvalue weighted by Gasteiger charge is 2.16. The monoisotopic (exact) mass is 266 g/mol. The molecule has 0 aliphatic rings. The van der Waals surface area contributed by atoms with E-state index in [0.29, 0.717) is 17.3 Å². The maximum absolute atomic E-state index is 6.22. The summed E-state index contributed by atoms with van der Waals surface area (Å²) in [5.41, 5.74) is 4.77. The predicted molar refractivity (Wildman–Crippen MR) is 68.8 cm³/mol. The maximum Gasteiger partial charge on any atom is 0.176 e. The fourth-order valence-corrected chi connectivity index (χ4v) is 2.13. The molecular weight excluding hydrogens is 252 g/mol. The smallest absolute Gasteiger partial charge is 0.176 e. The highest BCUT2D eigenvalue weighted by molar-refractivity contribution is 6.31. The molecule has 1 aromatic heterocycles. The molecule has 0 radical (unpaired) electrons. The van der Waals surface area contributed by atoms with E-state index in [9.17, 15) is 0 Å². The minimum Gasteiger partial charge on any atom is -0.271 e. The molecule has 0 fully saturated rings. The fraction of sp³-hybridized carbons (Fsp3) is 0.364. The van der Waals surface area contributed by atoms with E-state index in [1.807, 2.05) is 25.1 Å². The molecule has 0 bridgehead atoms. The van der Waals surface area contributed by atoms with Crippen molar-refractivity contribution in [2.75, 3.05) is 0 Å². The number of rotatable bonds is 4. The van der Waals surface area contributed by atoms with Gasteiger partial charge in [-0.3, -0.25) is 11.3 Å². The summed E-state index contributed by atoms with van der Waals surface area (Å²) in [5, 5.41) is 12.5. The maximum atomic E-state index is 6.22. The Bertz CT molecular complexity index is 538. The summed E-state index contributed by atoms with van der Waals surface area (Å²) in [6, 6.07) is 5.72. The Morgan fingerprint density at radius 1 is 1.50 bits per heavy atom. The van der Waals surface area contributed by atoms with Gasteiger partial charge >= 0.3 is 0 Å². The number of halogens is 1. The average molecular weight is 267 g/mol. The molecule has 0 aliphatic carbocycles. The minimum absolute atomic E-state index is 0.137. The van der Waals surface area contributed by atoms with Crippen molar-refractivity contribution < 1.29 is 0 Å². The van der Waals surface area contributed by atoms with Gasteiger partial charge in [0.25, 0.3) is 0 Å². The first-order valence-electron chi connectivity index (χ1n) is 5.55. The van der Waals surface area contributed by atoms with Crippen LogP contribution in [-0.4, -0.2) is 20.2 Å². The van der Waals surface area contributed by atoms with Crippen molar-refractivity contribution in [1.29, 1.82) is 0 Å². The lowest BCUT2D eigenvalue weighted by molar-refractivity contribution is 0.536. The van der Waals surface area contributed by atoms with Crippen molar-refractivity contribution in [2.24, 2.45) is 12.9 Å². The van der Waals surface area contributed by atoms with Crippen LogP contribution in [0.15, 0.2) is 18.2 Å². The van der Waals surface area contributed by atoms with Gasteiger partial charge in [-0.2, -0.15) is 4.80 Å². The molecule has 18 heavy (non-hydrogen) atoms. The van der Waals surface area contributed by atoms with Crippen molar-refractivity contribution in [3.63, 3.8) is 0 Å². The predicted octanol–water partition coefficient (Wildman–Crippen LogP) is 0.919. The van der Waals surface area contributed by atoms with E-state index in [4.69, 9.17) is 17.4 Å². The van der Waals surface area contributed by atoms with Crippen LogP contribution in [0.1, 0.15) is 23.0 Å². The Labute approximate surface area is 110 Å². The number of nitrogens with one attached hydrogen (secondary N) is 1. The molecule has 2 aromatic rings. The first-order chi connectivity index (χ1) is 8.60. The molecule has 0 amide bonds. The summed E-state index contributed by atoms with van der Waals surface area (Å²) >= 11 is 6.22. The molecule has 1 aromatic carbocycles. The van der Waals surface area contributed by atoms with Crippen molar-refractivity contribution in [3.8, 4) is 0 Å². The summed E-state index contributed by atoms with van der Waals surface area (Å²) in [7, 11) is 1.72. The lowest BCUT2D eigenvalue weighted by Crippen LogP contribution is -2.30. The van der Waals surface area contributed by atoms with Crippen LogP contribution in [0.2, 0.25) is 5.02 Å². The van der Waals surface area contributed by atoms with Crippen LogP contribution < -0.4 is 11.3 Å². The van der Waals surface area contributed by atoms with E-state index >= 15 is 0 Å². The average Bonchev–Trinajstić information content (AvgIpc) is 2.72. The van der Waals surface area contributed by atoms with Crippen LogP contribution in [0.25, 0.3) is 0 Å². The number of hydrogen-bond acceptors (Lipinski definition) is 5. The number of hydrazine groups is 1. The first-order valence-corrected chi connectivity index (χ1v) is 5.93. The van der Waals surface area contributed by atoms with Gasteiger partial charge in [0.05, 0.1) is 13.1 Å². The summed E-state index contributed by atoms with van der Waals surface area (Å²) < 4.78 is 0. The molecule has 96 valence electrons. The van der Waals surface area contributed by atoms with E-state index in [1.54, 1.807) is 7.05 Å². The zero-order valence-corrected chi connectivity index (χ0v) is 11.0. The lowest BCUT2D eigenvalue weighted by Gasteiger charge is -2.16. The van der Waals surface area contributed by atoms with Gasteiger partial charge in [0, 0.05) is 11.4 Å². The topological polar surface area (TPSA) is 81.7 Å². The Balaban J connectivity index is 2.22. The molecule has 1 atom stereocenters. The third kappa shape index (κ3) is 2.84. The fourth-order valence-electron chi connectivity index (χ4n) is 1.76. The van der Waals surface area contributed by atoms with Gasteiger partial charge in [-0.05, 0) is 29.3 Å². The quantitative estimate of drug-likeness (QED) is 0.635. The third-order valence-corrected chi connectivity index (χ3v) is 3.00. The van der Waals surface area contributed by atoms with E-state index in [0.717, 1.165) is 11.1 Å². The molecule has 6 nitrogen and oxygen atoms in total. The summed E-state index contributed by atoms with van der Waals surface area (Å²) in [6.45, 7) is 1.99. The zero-order valence-electron chi connectivity index (χ0n) is 10.3. The molecule has 2 rings (SSSR count). The van der Waals surface area contributed by atoms with Crippen LogP contribution in [0, 0.1) is 6.92 Å². The highest BCUT2D eigenvalue weighted by Crippen LogP contribution is 2.25. The Morgan fingerprint density at radius 2 is 2.28 bits per heavy atom.